The minimum atomic E-state index is -0.00161. The van der Waals surface area contributed by atoms with Crippen LogP contribution >= 0.6 is 11.6 Å². The molecule has 1 aromatic heterocycles. The number of halogens is 1. The number of ether oxygens (including phenoxy) is 1. The highest BCUT2D eigenvalue weighted by Crippen LogP contribution is 2.31. The Hall–Kier alpha value is -2.33. The molecule has 4 nitrogen and oxygen atoms in total. The zero-order chi connectivity index (χ0) is 19.6. The van der Waals surface area contributed by atoms with E-state index in [9.17, 15) is 4.79 Å². The third-order valence-corrected chi connectivity index (χ3v) is 5.03. The first-order chi connectivity index (χ1) is 12.8. The molecule has 1 atom stereocenters. The Balaban J connectivity index is 2.05. The summed E-state index contributed by atoms with van der Waals surface area (Å²) >= 11 is 6.14. The molecule has 1 saturated heterocycles. The van der Waals surface area contributed by atoms with Crippen molar-refractivity contribution < 1.29 is 9.53 Å². The van der Waals surface area contributed by atoms with Gasteiger partial charge in [-0.15, -0.1) is 0 Å². The van der Waals surface area contributed by atoms with Crippen LogP contribution in [0, 0.1) is 0 Å². The first kappa shape index (κ1) is 19.4. The van der Waals surface area contributed by atoms with E-state index in [0.717, 1.165) is 23.3 Å². The van der Waals surface area contributed by atoms with Crippen molar-refractivity contribution in [3.05, 3.63) is 64.3 Å². The topological polar surface area (TPSA) is 51.2 Å². The number of carbonyl (C=O) groups is 1. The number of rotatable bonds is 4. The lowest BCUT2D eigenvalue weighted by Crippen LogP contribution is -2.23. The molecule has 0 radical (unpaired) electrons. The smallest absolute Gasteiger partial charge is 0.232 e. The summed E-state index contributed by atoms with van der Waals surface area (Å²) in [6.45, 7) is 6.58. The number of amides is 1. The first-order valence-corrected chi connectivity index (χ1v) is 9.49. The van der Waals surface area contributed by atoms with Gasteiger partial charge in [0.2, 0.25) is 11.8 Å². The molecule has 1 aliphatic heterocycles. The molecule has 0 saturated carbocycles. The third-order valence-electron chi connectivity index (χ3n) is 4.74. The van der Waals surface area contributed by atoms with Crippen molar-refractivity contribution >= 4 is 23.1 Å². The molecule has 1 N–H and O–H groups in total. The van der Waals surface area contributed by atoms with Crippen molar-refractivity contribution in [2.75, 3.05) is 7.11 Å². The van der Waals surface area contributed by atoms with Crippen LogP contribution in [-0.4, -0.2) is 24.0 Å². The predicted molar refractivity (Wildman–Crippen MR) is 109 cm³/mol. The number of methoxy groups -OCH3 is 1. The van der Waals surface area contributed by atoms with Crippen molar-refractivity contribution in [2.24, 2.45) is 0 Å². The highest BCUT2D eigenvalue weighted by atomic mass is 35.5. The van der Waals surface area contributed by atoms with Crippen molar-refractivity contribution in [1.82, 2.24) is 10.3 Å². The number of nitrogens with zero attached hydrogens (tertiary/aromatic N) is 1. The number of benzene rings is 1. The van der Waals surface area contributed by atoms with Gasteiger partial charge in [0.05, 0.1) is 12.8 Å². The number of aromatic nitrogens is 1. The van der Waals surface area contributed by atoms with Crippen LogP contribution in [0.4, 0.5) is 0 Å². The van der Waals surface area contributed by atoms with E-state index >= 15 is 0 Å². The summed E-state index contributed by atoms with van der Waals surface area (Å²) in [6, 6.07) is 12.2. The Labute approximate surface area is 165 Å². The van der Waals surface area contributed by atoms with Gasteiger partial charge in [-0.2, -0.15) is 0 Å². The van der Waals surface area contributed by atoms with Gasteiger partial charge in [-0.1, -0.05) is 62.7 Å². The molecule has 2 heterocycles. The number of hydrogen-bond acceptors (Lipinski definition) is 3. The second kappa shape index (κ2) is 7.73. The molecule has 0 bridgehead atoms. The zero-order valence-electron chi connectivity index (χ0n) is 16.2. The predicted octanol–water partition coefficient (Wildman–Crippen LogP) is 4.75. The van der Waals surface area contributed by atoms with Gasteiger partial charge in [-0.25, -0.2) is 4.98 Å². The van der Waals surface area contributed by atoms with Crippen LogP contribution in [-0.2, 0) is 10.2 Å². The zero-order valence-corrected chi connectivity index (χ0v) is 16.9. The van der Waals surface area contributed by atoms with Gasteiger partial charge in [0, 0.05) is 18.0 Å². The summed E-state index contributed by atoms with van der Waals surface area (Å²) in [4.78, 5) is 16.2. The summed E-state index contributed by atoms with van der Waals surface area (Å²) in [5.74, 6) is 0.474. The SMILES string of the molecule is COc1nc(/C(=C\[C@@H]2CCC(=O)N2)c2ccc(C(C)(C)C)cc2)ccc1Cl. The average molecular weight is 385 g/mol. The molecule has 3 rings (SSSR count). The van der Waals surface area contributed by atoms with Crippen LogP contribution < -0.4 is 10.1 Å². The first-order valence-electron chi connectivity index (χ1n) is 9.11. The fourth-order valence-electron chi connectivity index (χ4n) is 3.16. The summed E-state index contributed by atoms with van der Waals surface area (Å²) in [7, 11) is 1.55. The van der Waals surface area contributed by atoms with Gasteiger partial charge in [0.25, 0.3) is 0 Å². The second-order valence-electron chi connectivity index (χ2n) is 7.81. The summed E-state index contributed by atoms with van der Waals surface area (Å²) in [5.41, 5.74) is 4.12. The fraction of sp³-hybridized carbons (Fsp3) is 0.364. The van der Waals surface area contributed by atoms with Crippen LogP contribution in [0.2, 0.25) is 5.02 Å². The van der Waals surface area contributed by atoms with E-state index in [2.05, 4.69) is 61.4 Å². The molecule has 1 aromatic carbocycles. The lowest BCUT2D eigenvalue weighted by Gasteiger charge is -2.20. The van der Waals surface area contributed by atoms with E-state index in [1.54, 1.807) is 13.2 Å². The Morgan fingerprint density at radius 2 is 1.93 bits per heavy atom. The molecular weight excluding hydrogens is 360 g/mol. The van der Waals surface area contributed by atoms with E-state index in [0.29, 0.717) is 17.3 Å². The molecule has 1 aliphatic rings. The molecule has 0 spiro atoms. The molecule has 5 heteroatoms. The van der Waals surface area contributed by atoms with Gasteiger partial charge >= 0.3 is 0 Å². The second-order valence-corrected chi connectivity index (χ2v) is 8.22. The van der Waals surface area contributed by atoms with Gasteiger partial charge in [-0.3, -0.25) is 4.79 Å². The summed E-state index contributed by atoms with van der Waals surface area (Å²) in [6.07, 6.45) is 3.41. The Morgan fingerprint density at radius 1 is 1.22 bits per heavy atom. The maximum absolute atomic E-state index is 11.6. The lowest BCUT2D eigenvalue weighted by molar-refractivity contribution is -0.119. The molecular formula is C22H25ClN2O2. The maximum Gasteiger partial charge on any atom is 0.232 e. The third kappa shape index (κ3) is 4.51. The maximum atomic E-state index is 11.6. The van der Waals surface area contributed by atoms with E-state index in [-0.39, 0.29) is 17.4 Å². The van der Waals surface area contributed by atoms with Crippen LogP contribution in [0.1, 0.15) is 50.4 Å². The van der Waals surface area contributed by atoms with Crippen LogP contribution in [0.15, 0.2) is 42.5 Å². The van der Waals surface area contributed by atoms with Crippen LogP contribution in [0.3, 0.4) is 0 Å². The quantitative estimate of drug-likeness (QED) is 0.827. The minimum Gasteiger partial charge on any atom is -0.480 e. The highest BCUT2D eigenvalue weighted by Gasteiger charge is 2.21. The van der Waals surface area contributed by atoms with Crippen molar-refractivity contribution in [1.29, 1.82) is 0 Å². The van der Waals surface area contributed by atoms with Gasteiger partial charge in [0.1, 0.15) is 5.02 Å². The minimum absolute atomic E-state index is 0.00161. The fourth-order valence-corrected chi connectivity index (χ4v) is 3.34. The van der Waals surface area contributed by atoms with Gasteiger partial charge < -0.3 is 10.1 Å². The number of carbonyl (C=O) groups excluding carboxylic acids is 1. The summed E-state index contributed by atoms with van der Waals surface area (Å²) < 4.78 is 5.28. The monoisotopic (exact) mass is 384 g/mol. The number of nitrogens with one attached hydrogen (secondary N) is 1. The normalized spacial score (nSPS) is 17.7. The van der Waals surface area contributed by atoms with Gasteiger partial charge in [0.15, 0.2) is 0 Å². The van der Waals surface area contributed by atoms with E-state index in [4.69, 9.17) is 16.3 Å². The number of hydrogen-bond donors (Lipinski definition) is 1. The Morgan fingerprint density at radius 3 is 2.48 bits per heavy atom. The van der Waals surface area contributed by atoms with Crippen molar-refractivity contribution in [3.63, 3.8) is 0 Å². The molecule has 0 aliphatic carbocycles. The molecule has 1 fully saturated rings. The van der Waals surface area contributed by atoms with Crippen LogP contribution in [0.25, 0.3) is 5.57 Å². The molecule has 0 unspecified atom stereocenters. The summed E-state index contributed by atoms with van der Waals surface area (Å²) in [5, 5.41) is 3.47. The van der Waals surface area contributed by atoms with E-state index < -0.39 is 0 Å². The van der Waals surface area contributed by atoms with Crippen molar-refractivity contribution in [2.45, 2.75) is 45.1 Å². The van der Waals surface area contributed by atoms with E-state index in [1.165, 1.54) is 5.56 Å². The van der Waals surface area contributed by atoms with E-state index in [1.807, 2.05) is 6.07 Å². The largest absolute Gasteiger partial charge is 0.480 e. The molecule has 142 valence electrons. The Kier molecular flexibility index (Phi) is 5.56. The van der Waals surface area contributed by atoms with Crippen LogP contribution in [0.5, 0.6) is 5.88 Å². The molecule has 27 heavy (non-hydrogen) atoms. The highest BCUT2D eigenvalue weighted by molar-refractivity contribution is 6.31. The lowest BCUT2D eigenvalue weighted by atomic mass is 9.86. The Bertz CT molecular complexity index is 867. The molecule has 2 aromatic rings. The average Bonchev–Trinajstić information content (AvgIpc) is 3.05. The molecule has 1 amide bonds. The standard InChI is InChI=1S/C22H25ClN2O2/c1-22(2,3)15-7-5-14(6-8-15)17(13-16-9-12-20(26)24-16)19-11-10-18(23)21(25-19)27-4/h5-8,10-11,13,16H,9,12H2,1-4H3,(H,24,26)/b17-13-/t16-/m0/s1. The van der Waals surface area contributed by atoms with Crippen molar-refractivity contribution in [3.8, 4) is 5.88 Å². The number of pyridine rings is 1. The van der Waals surface area contributed by atoms with Gasteiger partial charge in [-0.05, 0) is 35.1 Å².